The summed E-state index contributed by atoms with van der Waals surface area (Å²) >= 11 is 12.4. The van der Waals surface area contributed by atoms with Crippen LogP contribution in [0.4, 0.5) is 0 Å². The van der Waals surface area contributed by atoms with E-state index in [0.29, 0.717) is 44.1 Å². The fourth-order valence-corrected chi connectivity index (χ4v) is 4.62. The second-order valence-corrected chi connectivity index (χ2v) is 8.70. The van der Waals surface area contributed by atoms with E-state index in [1.165, 1.54) is 0 Å². The van der Waals surface area contributed by atoms with Crippen LogP contribution in [-0.4, -0.2) is 32.2 Å². The number of carbonyl (C=O) groups is 1. The number of rotatable bonds is 7. The summed E-state index contributed by atoms with van der Waals surface area (Å²) in [6, 6.07) is 16.3. The third kappa shape index (κ3) is 4.99. The number of aryl methyl sites for hydroxylation is 1. The average Bonchev–Trinajstić information content (AvgIpc) is 2.86. The molecule has 1 amide bonds. The molecule has 1 heterocycles. The van der Waals surface area contributed by atoms with Gasteiger partial charge < -0.3 is 19.5 Å². The smallest absolute Gasteiger partial charge is 0.252 e. The Morgan fingerprint density at radius 2 is 1.63 bits per heavy atom. The minimum absolute atomic E-state index is 0.247. The van der Waals surface area contributed by atoms with Crippen LogP contribution in [0.2, 0.25) is 10.0 Å². The molecule has 8 heteroatoms. The van der Waals surface area contributed by atoms with Gasteiger partial charge in [0, 0.05) is 27.5 Å². The Bertz CT molecular complexity index is 1370. The van der Waals surface area contributed by atoms with Gasteiger partial charge in [0.2, 0.25) is 5.75 Å². The molecular formula is C27H24Cl2N2O4. The van der Waals surface area contributed by atoms with E-state index in [1.807, 2.05) is 37.3 Å². The van der Waals surface area contributed by atoms with E-state index in [9.17, 15) is 4.79 Å². The molecule has 4 aromatic rings. The third-order valence-corrected chi connectivity index (χ3v) is 6.29. The van der Waals surface area contributed by atoms with Crippen LogP contribution >= 0.6 is 23.2 Å². The number of ether oxygens (including phenoxy) is 3. The highest BCUT2D eigenvalue weighted by Gasteiger charge is 2.18. The molecule has 0 unspecified atom stereocenters. The first-order valence-corrected chi connectivity index (χ1v) is 11.5. The molecule has 0 aliphatic carbocycles. The van der Waals surface area contributed by atoms with Crippen molar-refractivity contribution in [1.82, 2.24) is 10.3 Å². The van der Waals surface area contributed by atoms with Crippen molar-refractivity contribution in [3.05, 3.63) is 81.3 Å². The molecule has 0 saturated carbocycles. The van der Waals surface area contributed by atoms with Crippen LogP contribution in [0, 0.1) is 6.92 Å². The fourth-order valence-electron chi connectivity index (χ4n) is 3.96. The van der Waals surface area contributed by atoms with Crippen molar-refractivity contribution in [1.29, 1.82) is 0 Å². The molecule has 0 saturated heterocycles. The number of amides is 1. The lowest BCUT2D eigenvalue weighted by Crippen LogP contribution is -2.24. The summed E-state index contributed by atoms with van der Waals surface area (Å²) in [6.07, 6.45) is 0. The Hall–Kier alpha value is -3.48. The van der Waals surface area contributed by atoms with Crippen molar-refractivity contribution >= 4 is 40.0 Å². The molecular weight excluding hydrogens is 487 g/mol. The zero-order valence-electron chi connectivity index (χ0n) is 19.7. The van der Waals surface area contributed by atoms with E-state index in [2.05, 4.69) is 5.32 Å². The fraction of sp³-hybridized carbons (Fsp3) is 0.185. The van der Waals surface area contributed by atoms with E-state index >= 15 is 0 Å². The summed E-state index contributed by atoms with van der Waals surface area (Å²) in [5.41, 5.74) is 4.20. The molecule has 0 atom stereocenters. The molecule has 0 fully saturated rings. The second kappa shape index (κ2) is 10.4. The predicted octanol–water partition coefficient (Wildman–Crippen LogP) is 6.47. The van der Waals surface area contributed by atoms with Gasteiger partial charge in [-0.1, -0.05) is 41.4 Å². The van der Waals surface area contributed by atoms with Crippen LogP contribution in [0.3, 0.4) is 0 Å². The van der Waals surface area contributed by atoms with Crippen LogP contribution in [0.25, 0.3) is 22.2 Å². The van der Waals surface area contributed by atoms with Crippen LogP contribution in [0.1, 0.15) is 21.5 Å². The summed E-state index contributed by atoms with van der Waals surface area (Å²) in [7, 11) is 4.65. The molecule has 35 heavy (non-hydrogen) atoms. The first-order chi connectivity index (χ1) is 16.9. The largest absolute Gasteiger partial charge is 0.493 e. The minimum Gasteiger partial charge on any atom is -0.493 e. The number of aromatic nitrogens is 1. The molecule has 0 spiro atoms. The Morgan fingerprint density at radius 1 is 0.943 bits per heavy atom. The quantitative estimate of drug-likeness (QED) is 0.308. The lowest BCUT2D eigenvalue weighted by atomic mass is 10.0. The molecule has 1 aromatic heterocycles. The second-order valence-electron chi connectivity index (χ2n) is 7.85. The van der Waals surface area contributed by atoms with Gasteiger partial charge in [0.1, 0.15) is 0 Å². The number of nitrogens with zero attached hydrogens (tertiary/aromatic N) is 1. The maximum Gasteiger partial charge on any atom is 0.252 e. The first kappa shape index (κ1) is 24.6. The zero-order chi connectivity index (χ0) is 25.1. The van der Waals surface area contributed by atoms with E-state index < -0.39 is 0 Å². The molecule has 0 aliphatic heterocycles. The predicted molar refractivity (Wildman–Crippen MR) is 139 cm³/mol. The summed E-state index contributed by atoms with van der Waals surface area (Å²) in [5.74, 6) is 1.22. The number of benzene rings is 3. The molecule has 3 aromatic carbocycles. The molecule has 0 bridgehead atoms. The van der Waals surface area contributed by atoms with Gasteiger partial charge in [-0.15, -0.1) is 0 Å². The molecule has 6 nitrogen and oxygen atoms in total. The van der Waals surface area contributed by atoms with Crippen molar-refractivity contribution in [3.8, 4) is 28.5 Å². The number of hydrogen-bond acceptors (Lipinski definition) is 5. The topological polar surface area (TPSA) is 69.7 Å². The number of halogens is 2. The average molecular weight is 511 g/mol. The molecule has 0 aliphatic rings. The Balaban J connectivity index is 1.77. The lowest BCUT2D eigenvalue weighted by molar-refractivity contribution is 0.0952. The van der Waals surface area contributed by atoms with Gasteiger partial charge in [0.15, 0.2) is 11.5 Å². The molecule has 0 radical (unpaired) electrons. The minimum atomic E-state index is -0.247. The summed E-state index contributed by atoms with van der Waals surface area (Å²) < 4.78 is 16.4. The summed E-state index contributed by atoms with van der Waals surface area (Å²) in [5, 5.41) is 4.78. The monoisotopic (exact) mass is 510 g/mol. The number of nitrogens with one attached hydrogen (secondary N) is 1. The van der Waals surface area contributed by atoms with Gasteiger partial charge in [-0.2, -0.15) is 0 Å². The van der Waals surface area contributed by atoms with Gasteiger partial charge in [-0.3, -0.25) is 4.79 Å². The number of hydrogen-bond donors (Lipinski definition) is 1. The van der Waals surface area contributed by atoms with Gasteiger partial charge >= 0.3 is 0 Å². The number of fused-ring (bicyclic) bond motifs is 1. The Labute approximate surface area is 213 Å². The van der Waals surface area contributed by atoms with Crippen molar-refractivity contribution in [3.63, 3.8) is 0 Å². The highest BCUT2D eigenvalue weighted by Crippen LogP contribution is 2.41. The van der Waals surface area contributed by atoms with E-state index in [0.717, 1.165) is 22.1 Å². The number of methoxy groups -OCH3 is 3. The molecule has 1 N–H and O–H groups in total. The Kier molecular flexibility index (Phi) is 7.34. The zero-order valence-corrected chi connectivity index (χ0v) is 21.3. The summed E-state index contributed by atoms with van der Waals surface area (Å²) in [4.78, 5) is 18.2. The van der Waals surface area contributed by atoms with Gasteiger partial charge in [0.05, 0.1) is 38.1 Å². The maximum atomic E-state index is 13.4. The van der Waals surface area contributed by atoms with E-state index in [1.54, 1.807) is 45.6 Å². The highest BCUT2D eigenvalue weighted by molar-refractivity contribution is 6.35. The summed E-state index contributed by atoms with van der Waals surface area (Å²) in [6.45, 7) is 2.17. The molecule has 180 valence electrons. The van der Waals surface area contributed by atoms with Gasteiger partial charge in [0.25, 0.3) is 5.91 Å². The van der Waals surface area contributed by atoms with Crippen LogP contribution in [0.5, 0.6) is 17.2 Å². The third-order valence-electron chi connectivity index (χ3n) is 5.73. The lowest BCUT2D eigenvalue weighted by Gasteiger charge is -2.15. The van der Waals surface area contributed by atoms with Crippen molar-refractivity contribution in [2.45, 2.75) is 13.5 Å². The van der Waals surface area contributed by atoms with Crippen LogP contribution < -0.4 is 19.5 Å². The van der Waals surface area contributed by atoms with Crippen molar-refractivity contribution in [2.75, 3.05) is 21.3 Å². The standard InChI is InChI=1S/C27H24Cl2N2O4/c1-15-9-17(28)12-21(29)20(15)14-30-27(32)19-13-23(31-22-8-6-5-7-18(19)22)16-10-24(33-2)26(35-4)25(11-16)34-3/h5-13H,14H2,1-4H3,(H,30,32). The Morgan fingerprint density at radius 3 is 2.26 bits per heavy atom. The molecule has 4 rings (SSSR count). The van der Waals surface area contributed by atoms with Crippen LogP contribution in [0.15, 0.2) is 54.6 Å². The van der Waals surface area contributed by atoms with Crippen molar-refractivity contribution < 1.29 is 19.0 Å². The normalized spacial score (nSPS) is 10.8. The van der Waals surface area contributed by atoms with Gasteiger partial charge in [-0.05, 0) is 54.4 Å². The maximum absolute atomic E-state index is 13.4. The van der Waals surface area contributed by atoms with E-state index in [4.69, 9.17) is 42.4 Å². The van der Waals surface area contributed by atoms with E-state index in [-0.39, 0.29) is 12.5 Å². The first-order valence-electron chi connectivity index (χ1n) is 10.8. The number of para-hydroxylation sites is 1. The van der Waals surface area contributed by atoms with Crippen molar-refractivity contribution in [2.24, 2.45) is 0 Å². The SMILES string of the molecule is COc1cc(-c2cc(C(=O)NCc3c(C)cc(Cl)cc3Cl)c3ccccc3n2)cc(OC)c1OC. The van der Waals surface area contributed by atoms with Crippen LogP contribution in [-0.2, 0) is 6.54 Å². The number of pyridine rings is 1. The van der Waals surface area contributed by atoms with Gasteiger partial charge in [-0.25, -0.2) is 4.98 Å². The highest BCUT2D eigenvalue weighted by atomic mass is 35.5. The number of carbonyl (C=O) groups excluding carboxylic acids is 1.